The van der Waals surface area contributed by atoms with Gasteiger partial charge in [-0.2, -0.15) is 4.98 Å². The fraction of sp³-hybridized carbons (Fsp3) is 0. The summed E-state index contributed by atoms with van der Waals surface area (Å²) in [7, 11) is 0. The number of carboxylic acid groups (broad SMARTS) is 1. The molecule has 0 fully saturated rings. The lowest BCUT2D eigenvalue weighted by Gasteiger charge is -2.00. The van der Waals surface area contributed by atoms with E-state index in [1.54, 1.807) is 0 Å². The predicted octanol–water partition coefficient (Wildman–Crippen LogP) is 3.35. The van der Waals surface area contributed by atoms with Crippen molar-refractivity contribution in [2.45, 2.75) is 0 Å². The second kappa shape index (κ2) is 4.47. The van der Waals surface area contributed by atoms with Crippen molar-refractivity contribution >= 4 is 32.7 Å². The third kappa shape index (κ3) is 2.22. The van der Waals surface area contributed by atoms with Crippen LogP contribution in [0.15, 0.2) is 45.4 Å². The number of nitrogens with zero attached hydrogens (tertiary/aromatic N) is 2. The van der Waals surface area contributed by atoms with Gasteiger partial charge in [-0.15, -0.1) is 0 Å². The van der Waals surface area contributed by atoms with Crippen molar-refractivity contribution in [1.29, 1.82) is 0 Å². The number of hydrogen-bond acceptors (Lipinski definition) is 4. The molecule has 0 aliphatic carbocycles. The second-order valence-corrected chi connectivity index (χ2v) is 4.85. The van der Waals surface area contributed by atoms with Crippen LogP contribution < -0.4 is 0 Å². The highest BCUT2D eigenvalue weighted by molar-refractivity contribution is 9.10. The van der Waals surface area contributed by atoms with E-state index in [0.717, 1.165) is 15.2 Å². The Morgan fingerprint density at radius 3 is 2.63 bits per heavy atom. The van der Waals surface area contributed by atoms with E-state index in [-0.39, 0.29) is 11.7 Å². The molecule has 94 valence electrons. The molecule has 1 heterocycles. The number of carboxylic acids is 1. The lowest BCUT2D eigenvalue weighted by atomic mass is 10.1. The van der Waals surface area contributed by atoms with Gasteiger partial charge < -0.3 is 9.63 Å². The van der Waals surface area contributed by atoms with Gasteiger partial charge in [0.1, 0.15) is 0 Å². The molecule has 3 rings (SSSR count). The van der Waals surface area contributed by atoms with Crippen LogP contribution in [-0.4, -0.2) is 21.2 Å². The summed E-state index contributed by atoms with van der Waals surface area (Å²) in [5.41, 5.74) is 0.690. The van der Waals surface area contributed by atoms with Crippen molar-refractivity contribution in [3.8, 4) is 11.5 Å². The molecule has 0 bridgehead atoms. The monoisotopic (exact) mass is 318 g/mol. The Labute approximate surface area is 116 Å². The molecular formula is C13H7BrN2O3. The van der Waals surface area contributed by atoms with Crippen LogP contribution in [0.4, 0.5) is 0 Å². The van der Waals surface area contributed by atoms with Crippen LogP contribution >= 0.6 is 15.9 Å². The minimum Gasteiger partial charge on any atom is -0.475 e. The van der Waals surface area contributed by atoms with E-state index in [4.69, 9.17) is 9.63 Å². The molecule has 0 atom stereocenters. The first-order valence-electron chi connectivity index (χ1n) is 5.40. The molecule has 0 unspecified atom stereocenters. The van der Waals surface area contributed by atoms with Crippen molar-refractivity contribution < 1.29 is 14.4 Å². The van der Waals surface area contributed by atoms with E-state index < -0.39 is 5.97 Å². The number of benzene rings is 2. The Morgan fingerprint density at radius 2 is 1.89 bits per heavy atom. The normalized spacial score (nSPS) is 10.8. The Bertz CT molecular complexity index is 782. The Balaban J connectivity index is 2.09. The Hall–Kier alpha value is -2.21. The van der Waals surface area contributed by atoms with E-state index in [1.807, 2.05) is 36.4 Å². The summed E-state index contributed by atoms with van der Waals surface area (Å²) in [5, 5.41) is 14.2. The summed E-state index contributed by atoms with van der Waals surface area (Å²) >= 11 is 3.41. The van der Waals surface area contributed by atoms with Crippen LogP contribution in [0.3, 0.4) is 0 Å². The van der Waals surface area contributed by atoms with Crippen molar-refractivity contribution in [2.75, 3.05) is 0 Å². The van der Waals surface area contributed by atoms with Crippen LogP contribution in [0, 0.1) is 0 Å². The van der Waals surface area contributed by atoms with Gasteiger partial charge in [0.05, 0.1) is 0 Å². The minimum atomic E-state index is -1.21. The Morgan fingerprint density at radius 1 is 1.16 bits per heavy atom. The summed E-state index contributed by atoms with van der Waals surface area (Å²) in [6, 6.07) is 11.5. The molecule has 0 saturated carbocycles. The van der Waals surface area contributed by atoms with Crippen LogP contribution in [0.5, 0.6) is 0 Å². The summed E-state index contributed by atoms with van der Waals surface area (Å²) in [4.78, 5) is 14.5. The van der Waals surface area contributed by atoms with Gasteiger partial charge in [0.2, 0.25) is 0 Å². The number of hydrogen-bond donors (Lipinski definition) is 1. The van der Waals surface area contributed by atoms with Crippen LogP contribution in [0.2, 0.25) is 0 Å². The molecule has 5 nitrogen and oxygen atoms in total. The fourth-order valence-electron chi connectivity index (χ4n) is 1.78. The first-order chi connectivity index (χ1) is 9.13. The van der Waals surface area contributed by atoms with E-state index >= 15 is 0 Å². The van der Waals surface area contributed by atoms with Gasteiger partial charge in [-0.3, -0.25) is 0 Å². The number of aromatic nitrogens is 2. The molecule has 1 N–H and O–H groups in total. The van der Waals surface area contributed by atoms with Gasteiger partial charge in [0.15, 0.2) is 0 Å². The quantitative estimate of drug-likeness (QED) is 0.784. The van der Waals surface area contributed by atoms with Crippen molar-refractivity contribution in [3.05, 3.63) is 46.7 Å². The topological polar surface area (TPSA) is 76.2 Å². The first-order valence-corrected chi connectivity index (χ1v) is 6.19. The maximum absolute atomic E-state index is 10.7. The average molecular weight is 319 g/mol. The van der Waals surface area contributed by atoms with Crippen LogP contribution in [-0.2, 0) is 0 Å². The highest BCUT2D eigenvalue weighted by atomic mass is 79.9. The molecule has 1 aromatic heterocycles. The molecule has 6 heteroatoms. The standard InChI is InChI=1S/C13H7BrN2O3/c14-10-4-3-7-5-9(2-1-8(7)6-10)12-15-11(13(17)18)16-19-12/h1-6H,(H,17,18). The number of halogens is 1. The summed E-state index contributed by atoms with van der Waals surface area (Å²) in [5.74, 6) is -1.35. The van der Waals surface area contributed by atoms with Gasteiger partial charge in [-0.1, -0.05) is 28.1 Å². The van der Waals surface area contributed by atoms with Gasteiger partial charge in [0.25, 0.3) is 11.7 Å². The zero-order valence-electron chi connectivity index (χ0n) is 9.50. The van der Waals surface area contributed by atoms with Gasteiger partial charge in [-0.05, 0) is 40.2 Å². The molecule has 0 aliphatic heterocycles. The lowest BCUT2D eigenvalue weighted by Crippen LogP contribution is -1.98. The lowest BCUT2D eigenvalue weighted by molar-refractivity contribution is 0.0680. The van der Waals surface area contributed by atoms with Crippen molar-refractivity contribution in [1.82, 2.24) is 10.1 Å². The maximum Gasteiger partial charge on any atom is 0.377 e. The smallest absolute Gasteiger partial charge is 0.377 e. The van der Waals surface area contributed by atoms with E-state index in [9.17, 15) is 4.79 Å². The molecule has 0 spiro atoms. The van der Waals surface area contributed by atoms with Gasteiger partial charge >= 0.3 is 5.97 Å². The highest BCUT2D eigenvalue weighted by Gasteiger charge is 2.14. The fourth-order valence-corrected chi connectivity index (χ4v) is 2.16. The first kappa shape index (κ1) is 11.9. The zero-order valence-corrected chi connectivity index (χ0v) is 11.1. The minimum absolute atomic E-state index is 0.196. The predicted molar refractivity (Wildman–Crippen MR) is 71.9 cm³/mol. The Kier molecular flexibility index (Phi) is 2.79. The molecule has 3 aromatic rings. The maximum atomic E-state index is 10.7. The number of rotatable bonds is 2. The highest BCUT2D eigenvalue weighted by Crippen LogP contribution is 2.25. The molecule has 19 heavy (non-hydrogen) atoms. The van der Waals surface area contributed by atoms with E-state index in [0.29, 0.717) is 5.56 Å². The second-order valence-electron chi connectivity index (χ2n) is 3.93. The van der Waals surface area contributed by atoms with Crippen molar-refractivity contribution in [2.24, 2.45) is 0 Å². The molecule has 0 aliphatic rings. The molecule has 0 amide bonds. The van der Waals surface area contributed by atoms with Gasteiger partial charge in [0, 0.05) is 10.0 Å². The largest absolute Gasteiger partial charge is 0.475 e. The molecular weight excluding hydrogens is 312 g/mol. The number of fused-ring (bicyclic) bond motifs is 1. The molecule has 0 saturated heterocycles. The van der Waals surface area contributed by atoms with Gasteiger partial charge in [-0.25, -0.2) is 4.79 Å². The third-order valence-electron chi connectivity index (χ3n) is 2.67. The van der Waals surface area contributed by atoms with E-state index in [2.05, 4.69) is 26.1 Å². The molecule has 2 aromatic carbocycles. The van der Waals surface area contributed by atoms with Crippen LogP contribution in [0.1, 0.15) is 10.6 Å². The SMILES string of the molecule is O=C(O)c1noc(-c2ccc3cc(Br)ccc3c2)n1. The summed E-state index contributed by atoms with van der Waals surface area (Å²) < 4.78 is 5.93. The average Bonchev–Trinajstić information content (AvgIpc) is 2.88. The molecule has 0 radical (unpaired) electrons. The zero-order chi connectivity index (χ0) is 13.4. The third-order valence-corrected chi connectivity index (χ3v) is 3.16. The number of aromatic carboxylic acids is 1. The summed E-state index contributed by atoms with van der Waals surface area (Å²) in [6.07, 6.45) is 0. The van der Waals surface area contributed by atoms with Crippen molar-refractivity contribution in [3.63, 3.8) is 0 Å². The van der Waals surface area contributed by atoms with E-state index in [1.165, 1.54) is 0 Å². The number of carbonyl (C=O) groups is 1. The van der Waals surface area contributed by atoms with Crippen LogP contribution in [0.25, 0.3) is 22.2 Å². The summed E-state index contributed by atoms with van der Waals surface area (Å²) in [6.45, 7) is 0.